The van der Waals surface area contributed by atoms with Crippen LogP contribution in [0.5, 0.6) is 0 Å². The van der Waals surface area contributed by atoms with Gasteiger partial charge in [-0.25, -0.2) is 0 Å². The number of nitrogens with one attached hydrogen (secondary N) is 1. The predicted octanol–water partition coefficient (Wildman–Crippen LogP) is -0.512. The summed E-state index contributed by atoms with van der Waals surface area (Å²) in [5, 5.41) is 22.4. The number of para-hydroxylation sites is 1. The first-order valence-corrected chi connectivity index (χ1v) is 9.65. The average Bonchev–Trinajstić information content (AvgIpc) is 3.52. The molecule has 0 aliphatic rings. The maximum absolute atomic E-state index is 4.70. The molecule has 3 aromatic heterocycles. The molecule has 9 nitrogen and oxygen atoms in total. The molecule has 0 bridgehead atoms. The van der Waals surface area contributed by atoms with Crippen molar-refractivity contribution in [1.29, 1.82) is 0 Å². The van der Waals surface area contributed by atoms with E-state index < -0.39 is 0 Å². The van der Waals surface area contributed by atoms with Gasteiger partial charge in [-0.15, -0.1) is 10.2 Å². The van der Waals surface area contributed by atoms with Gasteiger partial charge in [0.05, 0.1) is 0 Å². The number of H-pyrrole nitrogens is 1. The SMILES string of the molecule is Cc1nc(-[n+]2nc(-c3ccccc3)nn2-c2ccccc2)sc1C.[Br-].c1nn[nH]n1. The van der Waals surface area contributed by atoms with Gasteiger partial charge in [-0.05, 0) is 52.8 Å². The van der Waals surface area contributed by atoms with Gasteiger partial charge in [0.25, 0.3) is 5.82 Å². The Kier molecular flexibility index (Phi) is 7.09. The van der Waals surface area contributed by atoms with Crippen LogP contribution in [0.25, 0.3) is 22.2 Å². The Morgan fingerprint density at radius 3 is 2.20 bits per heavy atom. The Bertz CT molecular complexity index is 1130. The van der Waals surface area contributed by atoms with Gasteiger partial charge in [-0.3, -0.25) is 0 Å². The number of aryl methyl sites for hydroxylation is 2. The predicted molar refractivity (Wildman–Crippen MR) is 108 cm³/mol. The third-order valence-corrected chi connectivity index (χ3v) is 5.07. The van der Waals surface area contributed by atoms with E-state index in [1.807, 2.05) is 67.6 Å². The lowest BCUT2D eigenvalue weighted by Crippen LogP contribution is -3.00. The number of rotatable bonds is 3. The summed E-state index contributed by atoms with van der Waals surface area (Å²) < 4.78 is 0. The molecule has 5 aromatic rings. The first-order chi connectivity index (χ1) is 14.2. The summed E-state index contributed by atoms with van der Waals surface area (Å²) in [6.07, 6.45) is 1.33. The summed E-state index contributed by atoms with van der Waals surface area (Å²) in [5.41, 5.74) is 2.94. The minimum atomic E-state index is 0. The number of aromatic nitrogens is 9. The van der Waals surface area contributed by atoms with Crippen LogP contribution in [0.4, 0.5) is 0 Å². The number of hydrogen-bond acceptors (Lipinski definition) is 7. The molecule has 0 saturated carbocycles. The van der Waals surface area contributed by atoms with Gasteiger partial charge in [0.1, 0.15) is 11.4 Å². The molecule has 0 aliphatic heterocycles. The monoisotopic (exact) mass is 483 g/mol. The fourth-order valence-corrected chi connectivity index (χ4v) is 3.36. The van der Waals surface area contributed by atoms with Gasteiger partial charge in [0.2, 0.25) is 0 Å². The molecule has 2 aromatic carbocycles. The van der Waals surface area contributed by atoms with Crippen LogP contribution < -0.4 is 21.8 Å². The summed E-state index contributed by atoms with van der Waals surface area (Å²) in [4.78, 5) is 9.37. The number of thiazole rings is 1. The Hall–Kier alpha value is -3.31. The second-order valence-electron chi connectivity index (χ2n) is 6.00. The van der Waals surface area contributed by atoms with Crippen LogP contribution in [-0.4, -0.2) is 40.6 Å². The van der Waals surface area contributed by atoms with Gasteiger partial charge >= 0.3 is 5.13 Å². The minimum Gasteiger partial charge on any atom is -1.00 e. The highest BCUT2D eigenvalue weighted by Crippen LogP contribution is 2.18. The van der Waals surface area contributed by atoms with E-state index >= 15 is 0 Å². The van der Waals surface area contributed by atoms with Crippen molar-refractivity contribution in [3.63, 3.8) is 0 Å². The highest BCUT2D eigenvalue weighted by molar-refractivity contribution is 7.13. The molecule has 0 radical (unpaired) electrons. The van der Waals surface area contributed by atoms with Gasteiger partial charge in [-0.2, -0.15) is 5.21 Å². The molecule has 11 heteroatoms. The second-order valence-corrected chi connectivity index (χ2v) is 7.18. The van der Waals surface area contributed by atoms with Crippen molar-refractivity contribution in [2.45, 2.75) is 13.8 Å². The number of hydrogen-bond donors (Lipinski definition) is 1. The zero-order valence-electron chi connectivity index (χ0n) is 16.2. The fraction of sp³-hybridized carbons (Fsp3) is 0.105. The summed E-state index contributed by atoms with van der Waals surface area (Å²) in [5.74, 6) is 0.671. The second kappa shape index (κ2) is 9.94. The summed E-state index contributed by atoms with van der Waals surface area (Å²) >= 11 is 1.61. The first-order valence-electron chi connectivity index (χ1n) is 8.83. The Morgan fingerprint density at radius 1 is 0.967 bits per heavy atom. The van der Waals surface area contributed by atoms with Crippen molar-refractivity contribution < 1.29 is 21.8 Å². The van der Waals surface area contributed by atoms with E-state index in [1.54, 1.807) is 20.9 Å². The molecule has 0 aliphatic carbocycles. The average molecular weight is 484 g/mol. The number of tetrazole rings is 2. The van der Waals surface area contributed by atoms with E-state index in [1.165, 1.54) is 11.2 Å². The Morgan fingerprint density at radius 2 is 1.67 bits per heavy atom. The van der Waals surface area contributed by atoms with Crippen molar-refractivity contribution in [3.05, 3.63) is 77.6 Å². The molecule has 30 heavy (non-hydrogen) atoms. The number of halogens is 1. The topological polar surface area (TPSA) is 102 Å². The van der Waals surface area contributed by atoms with Gasteiger partial charge < -0.3 is 17.0 Å². The third kappa shape index (κ3) is 4.81. The smallest absolute Gasteiger partial charge is 0.364 e. The Labute approximate surface area is 187 Å². The van der Waals surface area contributed by atoms with Crippen LogP contribution in [0.15, 0.2) is 67.0 Å². The highest BCUT2D eigenvalue weighted by Gasteiger charge is 2.24. The highest BCUT2D eigenvalue weighted by atomic mass is 79.9. The molecule has 0 atom stereocenters. The van der Waals surface area contributed by atoms with Crippen LogP contribution in [-0.2, 0) is 0 Å². The molecule has 0 saturated heterocycles. The lowest BCUT2D eigenvalue weighted by atomic mass is 10.2. The lowest BCUT2D eigenvalue weighted by molar-refractivity contribution is -0.734. The van der Waals surface area contributed by atoms with E-state index in [4.69, 9.17) is 10.2 Å². The first kappa shape index (κ1) is 21.4. The van der Waals surface area contributed by atoms with E-state index in [2.05, 4.69) is 32.5 Å². The molecule has 3 heterocycles. The summed E-state index contributed by atoms with van der Waals surface area (Å²) in [6, 6.07) is 20.0. The van der Waals surface area contributed by atoms with Crippen LogP contribution in [0, 0.1) is 13.8 Å². The van der Waals surface area contributed by atoms with Gasteiger partial charge in [0.15, 0.2) is 6.33 Å². The van der Waals surface area contributed by atoms with Gasteiger partial charge in [0, 0.05) is 15.5 Å². The molecule has 0 amide bonds. The van der Waals surface area contributed by atoms with E-state index in [0.29, 0.717) is 5.82 Å². The number of aromatic amines is 1. The molecular formula is C19H18BrN9S. The van der Waals surface area contributed by atoms with Crippen molar-refractivity contribution in [1.82, 2.24) is 40.6 Å². The molecule has 5 rings (SSSR count). The minimum absolute atomic E-state index is 0. The molecule has 0 spiro atoms. The molecule has 1 N–H and O–H groups in total. The standard InChI is InChI=1S/C18H16N5S.CH2N4.BrH/c1-13-14(2)24-18(19-13)23-21-17(15-9-5-3-6-10-15)20-22(23)16-11-7-4-8-12-16;1-2-4-5-3-1;/h3-12H,1-2H3;1H,(H,2,3,4,5);1H/q+1;;/p-1. The van der Waals surface area contributed by atoms with Gasteiger partial charge in [-0.1, -0.05) is 57.9 Å². The van der Waals surface area contributed by atoms with Crippen molar-refractivity contribution in [3.8, 4) is 22.2 Å². The van der Waals surface area contributed by atoms with Crippen LogP contribution in [0.2, 0.25) is 0 Å². The van der Waals surface area contributed by atoms with E-state index in [9.17, 15) is 0 Å². The summed E-state index contributed by atoms with van der Waals surface area (Å²) in [6.45, 7) is 4.08. The largest absolute Gasteiger partial charge is 1.00 e. The van der Waals surface area contributed by atoms with Crippen LogP contribution in [0.1, 0.15) is 10.6 Å². The number of benzene rings is 2. The zero-order chi connectivity index (χ0) is 20.1. The molecular weight excluding hydrogens is 466 g/mol. The zero-order valence-corrected chi connectivity index (χ0v) is 18.6. The number of nitrogens with zero attached hydrogens (tertiary/aromatic N) is 8. The third-order valence-electron chi connectivity index (χ3n) is 4.04. The van der Waals surface area contributed by atoms with Crippen molar-refractivity contribution in [2.24, 2.45) is 0 Å². The van der Waals surface area contributed by atoms with E-state index in [-0.39, 0.29) is 17.0 Å². The van der Waals surface area contributed by atoms with Crippen molar-refractivity contribution in [2.75, 3.05) is 0 Å². The maximum Gasteiger partial charge on any atom is 0.364 e. The van der Waals surface area contributed by atoms with Crippen LogP contribution >= 0.6 is 11.3 Å². The van der Waals surface area contributed by atoms with Crippen LogP contribution in [0.3, 0.4) is 0 Å². The molecule has 152 valence electrons. The quantitative estimate of drug-likeness (QED) is 0.346. The van der Waals surface area contributed by atoms with E-state index in [0.717, 1.165) is 22.1 Å². The van der Waals surface area contributed by atoms with Crippen molar-refractivity contribution >= 4 is 11.3 Å². The molecule has 0 unspecified atom stereocenters. The summed E-state index contributed by atoms with van der Waals surface area (Å²) in [7, 11) is 0. The lowest BCUT2D eigenvalue weighted by Gasteiger charge is -1.97. The fourth-order valence-electron chi connectivity index (χ4n) is 2.51. The normalized spacial score (nSPS) is 10.1. The molecule has 0 fully saturated rings. The Balaban J connectivity index is 0.000000376. The maximum atomic E-state index is 4.70.